The number of carbonyl (C=O) groups excluding carboxylic acids is 2. The van der Waals surface area contributed by atoms with Crippen molar-refractivity contribution in [2.24, 2.45) is 0 Å². The molecule has 0 aliphatic carbocycles. The van der Waals surface area contributed by atoms with Crippen molar-refractivity contribution >= 4 is 23.5 Å². The first-order valence-corrected chi connectivity index (χ1v) is 6.46. The van der Waals surface area contributed by atoms with Crippen molar-refractivity contribution in [1.82, 2.24) is 10.6 Å². The number of hydrogen-bond acceptors (Lipinski definition) is 2. The average Bonchev–Trinajstić information content (AvgIpc) is 2.76. The Morgan fingerprint density at radius 1 is 0.850 bits per heavy atom. The van der Waals surface area contributed by atoms with Crippen molar-refractivity contribution < 1.29 is 9.59 Å². The molecule has 2 aromatic carbocycles. The van der Waals surface area contributed by atoms with Gasteiger partial charge in [-0.15, -0.1) is 0 Å². The SMILES string of the molecule is O=C1NC(=O)C(c2ccccc2)(c2ccc(Cl)cc2)N1. The quantitative estimate of drug-likeness (QED) is 0.833. The van der Waals surface area contributed by atoms with Crippen molar-refractivity contribution in [3.05, 3.63) is 70.7 Å². The van der Waals surface area contributed by atoms with Crippen LogP contribution in [0.5, 0.6) is 0 Å². The van der Waals surface area contributed by atoms with E-state index in [9.17, 15) is 9.59 Å². The maximum atomic E-state index is 12.4. The molecule has 2 N–H and O–H groups in total. The molecule has 1 unspecified atom stereocenters. The highest BCUT2D eigenvalue weighted by molar-refractivity contribution is 6.30. The van der Waals surface area contributed by atoms with E-state index in [-0.39, 0.29) is 0 Å². The Balaban J connectivity index is 2.21. The van der Waals surface area contributed by atoms with Gasteiger partial charge in [0, 0.05) is 5.02 Å². The molecule has 0 radical (unpaired) electrons. The molecule has 2 aromatic rings. The lowest BCUT2D eigenvalue weighted by Gasteiger charge is -2.27. The molecule has 1 heterocycles. The van der Waals surface area contributed by atoms with Crippen molar-refractivity contribution in [2.75, 3.05) is 0 Å². The summed E-state index contributed by atoms with van der Waals surface area (Å²) >= 11 is 5.89. The standard InChI is InChI=1S/C15H11ClN2O2/c16-12-8-6-11(7-9-12)15(10-4-2-1-3-5-10)13(19)17-14(20)18-15/h1-9H,(H2,17,18,19,20). The number of urea groups is 1. The third-order valence-corrected chi connectivity index (χ3v) is 3.60. The molecule has 4 nitrogen and oxygen atoms in total. The second kappa shape index (κ2) is 4.65. The van der Waals surface area contributed by atoms with Gasteiger partial charge in [-0.1, -0.05) is 54.1 Å². The lowest BCUT2D eigenvalue weighted by atomic mass is 9.83. The minimum absolute atomic E-state index is 0.393. The second-order valence-corrected chi connectivity index (χ2v) is 4.97. The molecular formula is C15H11ClN2O2. The lowest BCUT2D eigenvalue weighted by molar-refractivity contribution is -0.122. The van der Waals surface area contributed by atoms with Crippen LogP contribution in [0.4, 0.5) is 4.79 Å². The van der Waals surface area contributed by atoms with Crippen molar-refractivity contribution in [3.63, 3.8) is 0 Å². The normalized spacial score (nSPS) is 21.4. The Hall–Kier alpha value is -2.33. The van der Waals surface area contributed by atoms with Crippen LogP contribution in [-0.2, 0) is 10.3 Å². The minimum Gasteiger partial charge on any atom is -0.316 e. The summed E-state index contributed by atoms with van der Waals surface area (Å²) in [5.74, 6) is -0.393. The highest BCUT2D eigenvalue weighted by Gasteiger charge is 2.49. The summed E-state index contributed by atoms with van der Waals surface area (Å²) in [6.45, 7) is 0. The van der Waals surface area contributed by atoms with Crippen LogP contribution in [0, 0.1) is 0 Å². The van der Waals surface area contributed by atoms with Gasteiger partial charge in [0.2, 0.25) is 0 Å². The largest absolute Gasteiger partial charge is 0.322 e. The first-order valence-electron chi connectivity index (χ1n) is 6.08. The number of nitrogens with one attached hydrogen (secondary N) is 2. The molecule has 1 atom stereocenters. The molecule has 3 rings (SSSR count). The molecule has 100 valence electrons. The fourth-order valence-corrected chi connectivity index (χ4v) is 2.54. The van der Waals surface area contributed by atoms with Crippen molar-refractivity contribution in [2.45, 2.75) is 5.54 Å². The van der Waals surface area contributed by atoms with Crippen molar-refractivity contribution in [3.8, 4) is 0 Å². The maximum absolute atomic E-state index is 12.4. The van der Waals surface area contributed by atoms with Crippen molar-refractivity contribution in [1.29, 1.82) is 0 Å². The molecule has 0 bridgehead atoms. The van der Waals surface area contributed by atoms with Crippen LogP contribution in [0.1, 0.15) is 11.1 Å². The summed E-state index contributed by atoms with van der Waals surface area (Å²) in [6.07, 6.45) is 0. The van der Waals surface area contributed by atoms with E-state index >= 15 is 0 Å². The van der Waals surface area contributed by atoms with Gasteiger partial charge in [-0.05, 0) is 23.3 Å². The number of imide groups is 1. The van der Waals surface area contributed by atoms with Crippen LogP contribution >= 0.6 is 11.6 Å². The molecule has 5 heteroatoms. The van der Waals surface area contributed by atoms with E-state index in [0.29, 0.717) is 16.1 Å². The first kappa shape index (κ1) is 12.7. The van der Waals surface area contributed by atoms with E-state index in [1.807, 2.05) is 18.2 Å². The Morgan fingerprint density at radius 3 is 2.00 bits per heavy atom. The highest BCUT2D eigenvalue weighted by Crippen LogP contribution is 2.33. The van der Waals surface area contributed by atoms with Gasteiger partial charge in [0.25, 0.3) is 5.91 Å². The van der Waals surface area contributed by atoms with Crippen LogP contribution in [0.25, 0.3) is 0 Å². The van der Waals surface area contributed by atoms with E-state index in [1.165, 1.54) is 0 Å². The van der Waals surface area contributed by atoms with Gasteiger partial charge in [-0.25, -0.2) is 4.79 Å². The van der Waals surface area contributed by atoms with Gasteiger partial charge in [-0.3, -0.25) is 10.1 Å². The van der Waals surface area contributed by atoms with Crippen LogP contribution in [0.3, 0.4) is 0 Å². The first-order chi connectivity index (χ1) is 9.63. The summed E-state index contributed by atoms with van der Waals surface area (Å²) in [7, 11) is 0. The number of benzene rings is 2. The van der Waals surface area contributed by atoms with Crippen LogP contribution in [-0.4, -0.2) is 11.9 Å². The van der Waals surface area contributed by atoms with Crippen LogP contribution in [0.15, 0.2) is 54.6 Å². The monoisotopic (exact) mass is 286 g/mol. The summed E-state index contributed by atoms with van der Waals surface area (Å²) < 4.78 is 0. The third-order valence-electron chi connectivity index (χ3n) is 3.35. The van der Waals surface area contributed by atoms with Crippen LogP contribution in [0.2, 0.25) is 5.02 Å². The molecule has 0 spiro atoms. The Bertz CT molecular complexity index is 670. The number of rotatable bonds is 2. The highest BCUT2D eigenvalue weighted by atomic mass is 35.5. The molecule has 3 amide bonds. The molecule has 0 aromatic heterocycles. The van der Waals surface area contributed by atoms with Gasteiger partial charge < -0.3 is 5.32 Å². The molecule has 1 fully saturated rings. The summed E-state index contributed by atoms with van der Waals surface area (Å²) in [6, 6.07) is 15.5. The third kappa shape index (κ3) is 1.85. The fourth-order valence-electron chi connectivity index (χ4n) is 2.42. The van der Waals surface area contributed by atoms with Gasteiger partial charge in [0.05, 0.1) is 0 Å². The second-order valence-electron chi connectivity index (χ2n) is 4.53. The Kier molecular flexibility index (Phi) is 2.95. The maximum Gasteiger partial charge on any atom is 0.322 e. The van der Waals surface area contributed by atoms with E-state index in [2.05, 4.69) is 10.6 Å². The van der Waals surface area contributed by atoms with E-state index in [1.54, 1.807) is 36.4 Å². The zero-order chi connectivity index (χ0) is 14.2. The fraction of sp³-hybridized carbons (Fsp3) is 0.0667. The van der Waals surface area contributed by atoms with Gasteiger partial charge >= 0.3 is 6.03 Å². The molecule has 0 saturated carbocycles. The lowest BCUT2D eigenvalue weighted by Crippen LogP contribution is -2.44. The zero-order valence-corrected chi connectivity index (χ0v) is 11.1. The Labute approximate surface area is 120 Å². The number of hydrogen-bond donors (Lipinski definition) is 2. The molecule has 1 saturated heterocycles. The van der Waals surface area contributed by atoms with Gasteiger partial charge in [0.15, 0.2) is 5.54 Å². The molecule has 20 heavy (non-hydrogen) atoms. The summed E-state index contributed by atoms with van der Waals surface area (Å²) in [4.78, 5) is 24.0. The Morgan fingerprint density at radius 2 is 1.45 bits per heavy atom. The molecule has 1 aliphatic rings. The van der Waals surface area contributed by atoms with E-state index in [4.69, 9.17) is 11.6 Å². The minimum atomic E-state index is -1.21. The van der Waals surface area contributed by atoms with E-state index in [0.717, 1.165) is 0 Å². The number of amides is 3. The topological polar surface area (TPSA) is 58.2 Å². The summed E-state index contributed by atoms with van der Waals surface area (Å²) in [5.41, 5.74) is 0.158. The van der Waals surface area contributed by atoms with Gasteiger partial charge in [0.1, 0.15) is 0 Å². The predicted molar refractivity (Wildman–Crippen MR) is 75.3 cm³/mol. The van der Waals surface area contributed by atoms with Crippen LogP contribution < -0.4 is 10.6 Å². The molecule has 1 aliphatic heterocycles. The molecular weight excluding hydrogens is 276 g/mol. The summed E-state index contributed by atoms with van der Waals surface area (Å²) in [5, 5.41) is 5.59. The zero-order valence-electron chi connectivity index (χ0n) is 10.4. The number of carbonyl (C=O) groups is 2. The van der Waals surface area contributed by atoms with Gasteiger partial charge in [-0.2, -0.15) is 0 Å². The average molecular weight is 287 g/mol. The smallest absolute Gasteiger partial charge is 0.316 e. The number of halogens is 1. The predicted octanol–water partition coefficient (Wildman–Crippen LogP) is 2.42. The van der Waals surface area contributed by atoms with E-state index < -0.39 is 17.5 Å².